The first kappa shape index (κ1) is 14.0. The van der Waals surface area contributed by atoms with Crippen LogP contribution in [0.2, 0.25) is 0 Å². The van der Waals surface area contributed by atoms with E-state index in [1.54, 1.807) is 7.11 Å². The Morgan fingerprint density at radius 1 is 1.41 bits per heavy atom. The monoisotopic (exact) mass is 239 g/mol. The number of benzene rings is 1. The molecule has 0 heterocycles. The van der Waals surface area contributed by atoms with Crippen molar-refractivity contribution in [1.82, 2.24) is 5.32 Å². The molecule has 0 aromatic heterocycles. The lowest BCUT2D eigenvalue weighted by molar-refractivity contribution is 0.161. The zero-order chi connectivity index (χ0) is 12.5. The van der Waals surface area contributed by atoms with Crippen LogP contribution in [0.25, 0.3) is 0 Å². The number of hydrogen-bond acceptors (Lipinski definition) is 4. The molecule has 96 valence electrons. The van der Waals surface area contributed by atoms with E-state index in [9.17, 15) is 5.11 Å². The summed E-state index contributed by atoms with van der Waals surface area (Å²) in [4.78, 5) is 0. The minimum Gasteiger partial charge on any atom is -0.494 e. The molecule has 0 bridgehead atoms. The van der Waals surface area contributed by atoms with E-state index in [4.69, 9.17) is 9.47 Å². The van der Waals surface area contributed by atoms with Crippen molar-refractivity contribution in [2.24, 2.45) is 0 Å². The molecule has 2 N–H and O–H groups in total. The average Bonchev–Trinajstić information content (AvgIpc) is 2.35. The lowest BCUT2D eigenvalue weighted by Gasteiger charge is -2.13. The van der Waals surface area contributed by atoms with Crippen LogP contribution in [0.1, 0.15) is 18.6 Å². The van der Waals surface area contributed by atoms with Gasteiger partial charge >= 0.3 is 0 Å². The van der Waals surface area contributed by atoms with Crippen LogP contribution in [0.3, 0.4) is 0 Å². The van der Waals surface area contributed by atoms with Crippen molar-refractivity contribution in [2.45, 2.75) is 13.0 Å². The Morgan fingerprint density at radius 2 is 2.24 bits per heavy atom. The van der Waals surface area contributed by atoms with Gasteiger partial charge in [-0.25, -0.2) is 0 Å². The number of nitrogens with one attached hydrogen (secondary N) is 1. The van der Waals surface area contributed by atoms with Crippen molar-refractivity contribution in [3.63, 3.8) is 0 Å². The van der Waals surface area contributed by atoms with Gasteiger partial charge in [0.2, 0.25) is 0 Å². The molecule has 4 nitrogen and oxygen atoms in total. The number of methoxy groups -OCH3 is 1. The number of aliphatic hydroxyl groups excluding tert-OH is 1. The van der Waals surface area contributed by atoms with Gasteiger partial charge in [-0.05, 0) is 24.6 Å². The number of aliphatic hydroxyl groups is 1. The summed E-state index contributed by atoms with van der Waals surface area (Å²) in [6.07, 6.45) is -0.521. The highest BCUT2D eigenvalue weighted by Crippen LogP contribution is 2.18. The smallest absolute Gasteiger partial charge is 0.119 e. The van der Waals surface area contributed by atoms with Gasteiger partial charge in [-0.3, -0.25) is 0 Å². The van der Waals surface area contributed by atoms with E-state index in [1.165, 1.54) is 0 Å². The van der Waals surface area contributed by atoms with Crippen molar-refractivity contribution in [3.05, 3.63) is 29.8 Å². The topological polar surface area (TPSA) is 50.7 Å². The largest absolute Gasteiger partial charge is 0.494 e. The van der Waals surface area contributed by atoms with Gasteiger partial charge in [0.25, 0.3) is 0 Å². The second kappa shape index (κ2) is 8.06. The van der Waals surface area contributed by atoms with E-state index in [2.05, 4.69) is 5.32 Å². The molecule has 1 aromatic carbocycles. The average molecular weight is 239 g/mol. The first-order valence-electron chi connectivity index (χ1n) is 5.88. The van der Waals surface area contributed by atoms with Gasteiger partial charge in [0.05, 0.1) is 19.3 Å². The summed E-state index contributed by atoms with van der Waals surface area (Å²) < 4.78 is 10.3. The molecule has 17 heavy (non-hydrogen) atoms. The molecule has 1 unspecified atom stereocenters. The molecule has 0 fully saturated rings. The highest BCUT2D eigenvalue weighted by molar-refractivity contribution is 5.30. The van der Waals surface area contributed by atoms with Gasteiger partial charge in [-0.15, -0.1) is 0 Å². The summed E-state index contributed by atoms with van der Waals surface area (Å²) in [5.74, 6) is 0.793. The predicted molar refractivity (Wildman–Crippen MR) is 67.3 cm³/mol. The summed E-state index contributed by atoms with van der Waals surface area (Å²) in [7, 11) is 1.66. The molecule has 0 spiro atoms. The third kappa shape index (κ3) is 5.17. The SMILES string of the molecule is CCOc1cccc(C(O)CNCCOC)c1. The molecule has 0 saturated heterocycles. The van der Waals surface area contributed by atoms with Gasteiger partial charge in [-0.2, -0.15) is 0 Å². The number of rotatable bonds is 8. The van der Waals surface area contributed by atoms with Crippen molar-refractivity contribution < 1.29 is 14.6 Å². The van der Waals surface area contributed by atoms with Crippen LogP contribution >= 0.6 is 0 Å². The third-order valence-electron chi connectivity index (χ3n) is 2.37. The molecule has 0 aliphatic heterocycles. The molecule has 0 aliphatic rings. The second-order valence-corrected chi connectivity index (χ2v) is 3.72. The third-order valence-corrected chi connectivity index (χ3v) is 2.37. The van der Waals surface area contributed by atoms with Gasteiger partial charge in [0.15, 0.2) is 0 Å². The minimum atomic E-state index is -0.521. The second-order valence-electron chi connectivity index (χ2n) is 3.72. The normalized spacial score (nSPS) is 12.4. The molecule has 0 saturated carbocycles. The highest BCUT2D eigenvalue weighted by Gasteiger charge is 2.07. The Labute approximate surface area is 103 Å². The quantitative estimate of drug-likeness (QED) is 0.672. The summed E-state index contributed by atoms with van der Waals surface area (Å²) in [6.45, 7) is 4.46. The number of ether oxygens (including phenoxy) is 2. The van der Waals surface area contributed by atoms with E-state index >= 15 is 0 Å². The molecule has 0 amide bonds. The fourth-order valence-electron chi connectivity index (χ4n) is 1.51. The molecule has 1 aromatic rings. The van der Waals surface area contributed by atoms with Crippen molar-refractivity contribution >= 4 is 0 Å². The maximum absolute atomic E-state index is 9.95. The van der Waals surface area contributed by atoms with Crippen molar-refractivity contribution in [1.29, 1.82) is 0 Å². The Kier molecular flexibility index (Phi) is 6.62. The Morgan fingerprint density at radius 3 is 2.94 bits per heavy atom. The minimum absolute atomic E-state index is 0.513. The van der Waals surface area contributed by atoms with E-state index in [1.807, 2.05) is 31.2 Å². The Hall–Kier alpha value is -1.10. The molecule has 1 rings (SSSR count). The fourth-order valence-corrected chi connectivity index (χ4v) is 1.51. The number of hydrogen-bond donors (Lipinski definition) is 2. The lowest BCUT2D eigenvalue weighted by Crippen LogP contribution is -2.24. The first-order valence-corrected chi connectivity index (χ1v) is 5.88. The zero-order valence-corrected chi connectivity index (χ0v) is 10.5. The molecule has 1 atom stereocenters. The highest BCUT2D eigenvalue weighted by atomic mass is 16.5. The van der Waals surface area contributed by atoms with Gasteiger partial charge in [-0.1, -0.05) is 12.1 Å². The van der Waals surface area contributed by atoms with Crippen LogP contribution < -0.4 is 10.1 Å². The summed E-state index contributed by atoms with van der Waals surface area (Å²) in [5.41, 5.74) is 0.862. The standard InChI is InChI=1S/C13H21NO3/c1-3-17-12-6-4-5-11(9-12)13(15)10-14-7-8-16-2/h4-6,9,13-15H,3,7-8,10H2,1-2H3. The van der Waals surface area contributed by atoms with E-state index in [-0.39, 0.29) is 0 Å². The van der Waals surface area contributed by atoms with Gasteiger partial charge < -0.3 is 19.9 Å². The summed E-state index contributed by atoms with van der Waals surface area (Å²) in [5, 5.41) is 13.1. The first-order chi connectivity index (χ1) is 8.27. The predicted octanol–water partition coefficient (Wildman–Crippen LogP) is 1.35. The van der Waals surface area contributed by atoms with E-state index in [0.29, 0.717) is 19.8 Å². The van der Waals surface area contributed by atoms with E-state index in [0.717, 1.165) is 17.9 Å². The van der Waals surface area contributed by atoms with Gasteiger partial charge in [0, 0.05) is 20.2 Å². The van der Waals surface area contributed by atoms with Crippen LogP contribution in [-0.4, -0.2) is 38.5 Å². The van der Waals surface area contributed by atoms with Crippen LogP contribution in [-0.2, 0) is 4.74 Å². The maximum atomic E-state index is 9.95. The molecule has 0 radical (unpaired) electrons. The molecular formula is C13H21NO3. The van der Waals surface area contributed by atoms with Crippen LogP contribution in [0.4, 0.5) is 0 Å². The summed E-state index contributed by atoms with van der Waals surface area (Å²) in [6, 6.07) is 7.54. The molecule has 4 heteroatoms. The fraction of sp³-hybridized carbons (Fsp3) is 0.538. The van der Waals surface area contributed by atoms with Crippen LogP contribution in [0, 0.1) is 0 Å². The lowest BCUT2D eigenvalue weighted by atomic mass is 10.1. The Bertz CT molecular complexity index is 317. The van der Waals surface area contributed by atoms with Crippen molar-refractivity contribution in [3.8, 4) is 5.75 Å². The Balaban J connectivity index is 2.44. The van der Waals surface area contributed by atoms with Crippen molar-refractivity contribution in [2.75, 3.05) is 33.4 Å². The summed E-state index contributed by atoms with van der Waals surface area (Å²) >= 11 is 0. The van der Waals surface area contributed by atoms with Crippen LogP contribution in [0.15, 0.2) is 24.3 Å². The molecular weight excluding hydrogens is 218 g/mol. The maximum Gasteiger partial charge on any atom is 0.119 e. The van der Waals surface area contributed by atoms with Gasteiger partial charge in [0.1, 0.15) is 5.75 Å². The van der Waals surface area contributed by atoms with Crippen LogP contribution in [0.5, 0.6) is 5.75 Å². The zero-order valence-electron chi connectivity index (χ0n) is 10.5. The van der Waals surface area contributed by atoms with E-state index < -0.39 is 6.10 Å². The molecule has 0 aliphatic carbocycles.